The Balaban J connectivity index is 1.53. The van der Waals surface area contributed by atoms with Crippen LogP contribution in [0.4, 0.5) is 0 Å². The molecular weight excluding hydrogens is 414 g/mol. The van der Waals surface area contributed by atoms with Crippen LogP contribution in [-0.2, 0) is 6.54 Å². The van der Waals surface area contributed by atoms with Gasteiger partial charge < -0.3 is 4.74 Å². The molecule has 2 aliphatic rings. The van der Waals surface area contributed by atoms with Gasteiger partial charge in [0.15, 0.2) is 5.78 Å². The van der Waals surface area contributed by atoms with E-state index in [1.807, 2.05) is 18.2 Å². The topological polar surface area (TPSA) is 48.3 Å². The molecule has 0 saturated heterocycles. The molecule has 28 heavy (non-hydrogen) atoms. The fourth-order valence-electron chi connectivity index (χ4n) is 3.86. The number of carbonyl (C=O) groups excluding carboxylic acids is 1. The summed E-state index contributed by atoms with van der Waals surface area (Å²) in [4.78, 5) is 26.5. The maximum Gasteiger partial charge on any atom is 0.308 e. The van der Waals surface area contributed by atoms with Crippen molar-refractivity contribution in [3.8, 4) is 5.75 Å². The highest BCUT2D eigenvalue weighted by Crippen LogP contribution is 2.50. The normalized spacial score (nSPS) is 19.9. The summed E-state index contributed by atoms with van der Waals surface area (Å²) >= 11 is 8.83. The number of thiazole rings is 1. The van der Waals surface area contributed by atoms with E-state index in [-0.39, 0.29) is 23.1 Å². The van der Waals surface area contributed by atoms with Crippen LogP contribution >= 0.6 is 34.7 Å². The Bertz CT molecular complexity index is 1120. The van der Waals surface area contributed by atoms with Crippen molar-refractivity contribution in [3.63, 3.8) is 0 Å². The fourth-order valence-corrected chi connectivity index (χ4v) is 6.68. The summed E-state index contributed by atoms with van der Waals surface area (Å²) in [5, 5.41) is 1.51. The molecule has 5 rings (SSSR count). The molecule has 2 atom stereocenters. The van der Waals surface area contributed by atoms with Crippen molar-refractivity contribution in [2.75, 3.05) is 12.4 Å². The number of halogens is 1. The zero-order chi connectivity index (χ0) is 19.3. The number of ketones is 1. The van der Waals surface area contributed by atoms with Gasteiger partial charge in [0.25, 0.3) is 0 Å². The molecule has 2 aromatic carbocycles. The van der Waals surface area contributed by atoms with Crippen molar-refractivity contribution in [1.82, 2.24) is 4.57 Å². The number of benzene rings is 2. The largest absolute Gasteiger partial charge is 0.493 e. The van der Waals surface area contributed by atoms with Crippen LogP contribution in [0.15, 0.2) is 58.4 Å². The highest BCUT2D eigenvalue weighted by atomic mass is 35.5. The van der Waals surface area contributed by atoms with Crippen LogP contribution in [0, 0.1) is 5.92 Å². The minimum absolute atomic E-state index is 0.0504. The molecule has 4 nitrogen and oxygen atoms in total. The van der Waals surface area contributed by atoms with Gasteiger partial charge in [-0.1, -0.05) is 41.1 Å². The standard InChI is InChI=1S/C21H16ClNO3S2/c22-14-7-5-12(6-8-14)16(24)9-23-20-19(28-21(23)25)18-13(11-27-20)10-26-17-4-2-1-3-15(17)18/h1-8,13,18H,9-11H2/t13-,18+/m0/s1. The molecule has 0 radical (unpaired) electrons. The van der Waals surface area contributed by atoms with E-state index in [2.05, 4.69) is 6.07 Å². The molecule has 2 aliphatic heterocycles. The van der Waals surface area contributed by atoms with Gasteiger partial charge in [-0.3, -0.25) is 14.2 Å². The number of aromatic nitrogens is 1. The van der Waals surface area contributed by atoms with E-state index in [4.69, 9.17) is 16.3 Å². The van der Waals surface area contributed by atoms with E-state index >= 15 is 0 Å². The Morgan fingerprint density at radius 3 is 2.79 bits per heavy atom. The third-order valence-corrected chi connectivity index (χ3v) is 7.99. The molecule has 0 amide bonds. The lowest BCUT2D eigenvalue weighted by Gasteiger charge is -2.36. The Morgan fingerprint density at radius 1 is 1.18 bits per heavy atom. The number of rotatable bonds is 3. The summed E-state index contributed by atoms with van der Waals surface area (Å²) in [6, 6.07) is 14.8. The van der Waals surface area contributed by atoms with Crippen LogP contribution in [0.5, 0.6) is 5.75 Å². The average Bonchev–Trinajstić information content (AvgIpc) is 3.03. The van der Waals surface area contributed by atoms with Gasteiger partial charge in [0, 0.05) is 38.6 Å². The smallest absolute Gasteiger partial charge is 0.308 e. The highest BCUT2D eigenvalue weighted by molar-refractivity contribution is 7.99. The molecule has 7 heteroatoms. The second-order valence-electron chi connectivity index (χ2n) is 6.95. The lowest BCUT2D eigenvalue weighted by molar-refractivity contribution is 0.0968. The molecule has 0 saturated carbocycles. The maximum atomic E-state index is 12.8. The van der Waals surface area contributed by atoms with Crippen LogP contribution in [0.2, 0.25) is 5.02 Å². The Labute approximate surface area is 175 Å². The lowest BCUT2D eigenvalue weighted by atomic mass is 9.84. The fraction of sp³-hybridized carbons (Fsp3) is 0.238. The van der Waals surface area contributed by atoms with Gasteiger partial charge in [-0.25, -0.2) is 0 Å². The molecule has 0 bridgehead atoms. The molecule has 0 unspecified atom stereocenters. The van der Waals surface area contributed by atoms with Crippen LogP contribution in [-0.4, -0.2) is 22.7 Å². The molecule has 1 aromatic heterocycles. The number of fused-ring (bicyclic) bond motifs is 5. The summed E-state index contributed by atoms with van der Waals surface area (Å²) in [6.45, 7) is 0.707. The minimum atomic E-state index is -0.0885. The van der Waals surface area contributed by atoms with Gasteiger partial charge in [-0.15, -0.1) is 11.8 Å². The van der Waals surface area contributed by atoms with E-state index in [9.17, 15) is 9.59 Å². The molecule has 142 valence electrons. The SMILES string of the molecule is O=C(Cn1c2c(sc1=O)[C@H]1c3ccccc3OC[C@H]1CS2)c1ccc(Cl)cc1. The number of para-hydroxylation sites is 1. The number of ether oxygens (including phenoxy) is 1. The Morgan fingerprint density at radius 2 is 1.96 bits per heavy atom. The quantitative estimate of drug-likeness (QED) is 0.566. The van der Waals surface area contributed by atoms with E-state index < -0.39 is 0 Å². The van der Waals surface area contributed by atoms with E-state index in [0.29, 0.717) is 23.1 Å². The van der Waals surface area contributed by atoms with Crippen molar-refractivity contribution in [1.29, 1.82) is 0 Å². The van der Waals surface area contributed by atoms with Crippen LogP contribution in [0.25, 0.3) is 0 Å². The first-order valence-corrected chi connectivity index (χ1v) is 11.2. The molecule has 0 spiro atoms. The van der Waals surface area contributed by atoms with Crippen LogP contribution in [0.1, 0.15) is 26.7 Å². The lowest BCUT2D eigenvalue weighted by Crippen LogP contribution is -2.31. The third-order valence-electron chi connectivity index (χ3n) is 5.24. The average molecular weight is 430 g/mol. The van der Waals surface area contributed by atoms with Gasteiger partial charge in [0.05, 0.1) is 18.2 Å². The van der Waals surface area contributed by atoms with Gasteiger partial charge in [0.2, 0.25) is 0 Å². The Hall–Kier alpha value is -2.02. The second kappa shape index (κ2) is 7.10. The predicted octanol–water partition coefficient (Wildman–Crippen LogP) is 4.69. The highest BCUT2D eigenvalue weighted by Gasteiger charge is 2.39. The van der Waals surface area contributed by atoms with E-state index in [1.54, 1.807) is 40.6 Å². The summed E-state index contributed by atoms with van der Waals surface area (Å²) in [7, 11) is 0. The van der Waals surface area contributed by atoms with Crippen molar-refractivity contribution < 1.29 is 9.53 Å². The first-order valence-electron chi connectivity index (χ1n) is 8.98. The van der Waals surface area contributed by atoms with E-state index in [0.717, 1.165) is 27.0 Å². The van der Waals surface area contributed by atoms with Crippen molar-refractivity contribution in [2.24, 2.45) is 5.92 Å². The summed E-state index contributed by atoms with van der Waals surface area (Å²) in [5.41, 5.74) is 1.70. The number of carbonyl (C=O) groups is 1. The molecule has 3 aromatic rings. The van der Waals surface area contributed by atoms with Gasteiger partial charge in [0.1, 0.15) is 5.75 Å². The van der Waals surface area contributed by atoms with Crippen molar-refractivity contribution in [3.05, 3.63) is 79.2 Å². The van der Waals surface area contributed by atoms with Crippen LogP contribution < -0.4 is 9.61 Å². The van der Waals surface area contributed by atoms with Gasteiger partial charge in [-0.05, 0) is 30.3 Å². The monoisotopic (exact) mass is 429 g/mol. The number of Topliss-reactive ketones (excluding diaryl/α,β-unsaturated/α-hetero) is 1. The zero-order valence-electron chi connectivity index (χ0n) is 14.8. The summed E-state index contributed by atoms with van der Waals surface area (Å²) < 4.78 is 7.55. The summed E-state index contributed by atoms with van der Waals surface area (Å²) in [6.07, 6.45) is 0. The Kier molecular flexibility index (Phi) is 4.57. The second-order valence-corrected chi connectivity index (χ2v) is 9.39. The number of hydrogen-bond acceptors (Lipinski definition) is 5. The predicted molar refractivity (Wildman–Crippen MR) is 112 cm³/mol. The van der Waals surface area contributed by atoms with Crippen LogP contribution in [0.3, 0.4) is 0 Å². The third kappa shape index (κ3) is 3.00. The van der Waals surface area contributed by atoms with E-state index in [1.165, 1.54) is 11.3 Å². The molecule has 0 aliphatic carbocycles. The summed E-state index contributed by atoms with van der Waals surface area (Å²) in [5.74, 6) is 2.18. The maximum absolute atomic E-state index is 12.8. The number of thioether (sulfide) groups is 1. The number of nitrogens with zero attached hydrogens (tertiary/aromatic N) is 1. The molecule has 0 N–H and O–H groups in total. The van der Waals surface area contributed by atoms with Gasteiger partial charge in [-0.2, -0.15) is 0 Å². The molecule has 0 fully saturated rings. The molecule has 3 heterocycles. The number of hydrogen-bond donors (Lipinski definition) is 0. The van der Waals surface area contributed by atoms with Crippen molar-refractivity contribution >= 4 is 40.5 Å². The first kappa shape index (κ1) is 18.0. The minimum Gasteiger partial charge on any atom is -0.493 e. The van der Waals surface area contributed by atoms with Gasteiger partial charge >= 0.3 is 4.87 Å². The van der Waals surface area contributed by atoms with Crippen molar-refractivity contribution in [2.45, 2.75) is 17.5 Å². The molecular formula is C21H16ClNO3S2. The first-order chi connectivity index (χ1) is 13.6. The zero-order valence-corrected chi connectivity index (χ0v) is 17.2.